The molecule has 2 rings (SSSR count). The first-order valence-electron chi connectivity index (χ1n) is 5.15. The molecule has 0 spiro atoms. The van der Waals surface area contributed by atoms with E-state index in [0.29, 0.717) is 17.7 Å². The van der Waals surface area contributed by atoms with Gasteiger partial charge in [0.05, 0.1) is 6.42 Å². The highest BCUT2D eigenvalue weighted by molar-refractivity contribution is 9.10. The van der Waals surface area contributed by atoms with E-state index in [-0.39, 0.29) is 5.78 Å². The van der Waals surface area contributed by atoms with E-state index in [1.807, 2.05) is 18.2 Å². The molecule has 0 unspecified atom stereocenters. The lowest BCUT2D eigenvalue weighted by Gasteiger charge is -2.03. The molecule has 0 fully saturated rings. The summed E-state index contributed by atoms with van der Waals surface area (Å²) in [5.41, 5.74) is 7.70. The molecule has 0 saturated heterocycles. The fourth-order valence-corrected chi connectivity index (χ4v) is 1.85. The fourth-order valence-electron chi connectivity index (χ4n) is 1.47. The number of nitrogens with two attached hydrogens (primary N) is 1. The molecule has 0 radical (unpaired) electrons. The molecule has 17 heavy (non-hydrogen) atoms. The summed E-state index contributed by atoms with van der Waals surface area (Å²) >= 11 is 3.31. The van der Waals surface area contributed by atoms with Gasteiger partial charge in [0.2, 0.25) is 0 Å². The normalized spacial score (nSPS) is 10.2. The summed E-state index contributed by atoms with van der Waals surface area (Å²) in [6.45, 7) is 0. The van der Waals surface area contributed by atoms with Crippen LogP contribution in [0.15, 0.2) is 47.1 Å². The smallest absolute Gasteiger partial charge is 0.168 e. The number of halogens is 1. The zero-order valence-corrected chi connectivity index (χ0v) is 10.6. The summed E-state index contributed by atoms with van der Waals surface area (Å²) in [5.74, 6) is 0.0319. The van der Waals surface area contributed by atoms with Gasteiger partial charge in [0.1, 0.15) is 0 Å². The van der Waals surface area contributed by atoms with E-state index < -0.39 is 0 Å². The van der Waals surface area contributed by atoms with E-state index in [4.69, 9.17) is 5.73 Å². The van der Waals surface area contributed by atoms with Crippen LogP contribution in [0.5, 0.6) is 0 Å². The molecule has 4 heteroatoms. The third kappa shape index (κ3) is 2.91. The first-order chi connectivity index (χ1) is 8.16. The molecule has 0 bridgehead atoms. The average Bonchev–Trinajstić information content (AvgIpc) is 2.34. The Morgan fingerprint density at radius 2 is 2.12 bits per heavy atom. The maximum Gasteiger partial charge on any atom is 0.168 e. The quantitative estimate of drug-likeness (QED) is 0.699. The van der Waals surface area contributed by atoms with Gasteiger partial charge < -0.3 is 5.73 Å². The van der Waals surface area contributed by atoms with E-state index in [2.05, 4.69) is 20.9 Å². The van der Waals surface area contributed by atoms with E-state index in [9.17, 15) is 4.79 Å². The Balaban J connectivity index is 2.18. The van der Waals surface area contributed by atoms with Gasteiger partial charge in [-0.1, -0.05) is 6.07 Å². The van der Waals surface area contributed by atoms with Gasteiger partial charge >= 0.3 is 0 Å². The van der Waals surface area contributed by atoms with Crippen LogP contribution in [-0.4, -0.2) is 10.8 Å². The van der Waals surface area contributed by atoms with Gasteiger partial charge in [0, 0.05) is 27.6 Å². The largest absolute Gasteiger partial charge is 0.398 e. The molecule has 0 amide bonds. The Morgan fingerprint density at radius 3 is 2.76 bits per heavy atom. The van der Waals surface area contributed by atoms with Crippen molar-refractivity contribution in [1.29, 1.82) is 0 Å². The number of aromatic nitrogens is 1. The first-order valence-corrected chi connectivity index (χ1v) is 5.94. The number of nitrogen functional groups attached to an aromatic ring is 1. The minimum absolute atomic E-state index is 0.0319. The average molecular weight is 291 g/mol. The van der Waals surface area contributed by atoms with Gasteiger partial charge in [-0.15, -0.1) is 0 Å². The van der Waals surface area contributed by atoms with Gasteiger partial charge in [-0.05, 0) is 46.3 Å². The summed E-state index contributed by atoms with van der Waals surface area (Å²) in [4.78, 5) is 16.1. The number of anilines is 1. The number of ketones is 1. The Morgan fingerprint density at radius 1 is 1.29 bits per heavy atom. The molecule has 3 nitrogen and oxygen atoms in total. The number of Topliss-reactive ketones (excluding diaryl/α,β-unsaturated/α-hetero) is 1. The molecule has 2 aromatic rings. The highest BCUT2D eigenvalue weighted by Crippen LogP contribution is 2.21. The van der Waals surface area contributed by atoms with Gasteiger partial charge in [-0.2, -0.15) is 0 Å². The number of hydrogen-bond acceptors (Lipinski definition) is 3. The van der Waals surface area contributed by atoms with Crippen LogP contribution in [0.4, 0.5) is 5.69 Å². The second-order valence-electron chi connectivity index (χ2n) is 3.66. The van der Waals surface area contributed by atoms with Gasteiger partial charge in [0.15, 0.2) is 5.78 Å². The van der Waals surface area contributed by atoms with Crippen LogP contribution >= 0.6 is 15.9 Å². The Hall–Kier alpha value is -1.68. The zero-order chi connectivity index (χ0) is 12.3. The lowest BCUT2D eigenvalue weighted by Crippen LogP contribution is -2.05. The van der Waals surface area contributed by atoms with Crippen molar-refractivity contribution in [2.75, 3.05) is 5.73 Å². The van der Waals surface area contributed by atoms with E-state index in [1.165, 1.54) is 0 Å². The molecular weight excluding hydrogens is 280 g/mol. The van der Waals surface area contributed by atoms with Crippen molar-refractivity contribution in [3.05, 3.63) is 58.3 Å². The van der Waals surface area contributed by atoms with Gasteiger partial charge in [0.25, 0.3) is 0 Å². The van der Waals surface area contributed by atoms with Crippen LogP contribution in [0.25, 0.3) is 0 Å². The van der Waals surface area contributed by atoms with Crippen LogP contribution in [0.1, 0.15) is 16.1 Å². The Labute approximate surface area is 108 Å². The van der Waals surface area contributed by atoms with Crippen LogP contribution in [0.2, 0.25) is 0 Å². The van der Waals surface area contributed by atoms with Crippen molar-refractivity contribution >= 4 is 27.4 Å². The third-order valence-electron chi connectivity index (χ3n) is 2.39. The van der Waals surface area contributed by atoms with Gasteiger partial charge in [-0.25, -0.2) is 0 Å². The molecule has 0 atom stereocenters. The lowest BCUT2D eigenvalue weighted by molar-refractivity contribution is 0.0992. The molecule has 1 aromatic carbocycles. The van der Waals surface area contributed by atoms with E-state index in [0.717, 1.165) is 10.2 Å². The maximum absolute atomic E-state index is 12.0. The number of rotatable bonds is 3. The molecule has 0 aliphatic rings. The van der Waals surface area contributed by atoms with Crippen LogP contribution in [0.3, 0.4) is 0 Å². The van der Waals surface area contributed by atoms with E-state index >= 15 is 0 Å². The zero-order valence-electron chi connectivity index (χ0n) is 9.06. The molecule has 0 saturated carbocycles. The van der Waals surface area contributed by atoms with Crippen molar-refractivity contribution in [2.24, 2.45) is 0 Å². The van der Waals surface area contributed by atoms with E-state index in [1.54, 1.807) is 24.4 Å². The molecule has 1 heterocycles. The highest BCUT2D eigenvalue weighted by atomic mass is 79.9. The molecule has 0 aliphatic heterocycles. The predicted octanol–water partition coefficient (Wildman–Crippen LogP) is 2.85. The maximum atomic E-state index is 12.0. The monoisotopic (exact) mass is 290 g/mol. The van der Waals surface area contributed by atoms with Crippen molar-refractivity contribution < 1.29 is 4.79 Å². The minimum Gasteiger partial charge on any atom is -0.398 e. The standard InChI is InChI=1S/C13H11BrN2O/c14-11-7-9(4-5-12(11)15)13(17)8-10-3-1-2-6-16-10/h1-7H,8,15H2. The molecule has 2 N–H and O–H groups in total. The number of hydrogen-bond donors (Lipinski definition) is 1. The summed E-state index contributed by atoms with van der Waals surface area (Å²) < 4.78 is 0.740. The van der Waals surface area contributed by atoms with Crippen LogP contribution in [0, 0.1) is 0 Å². The van der Waals surface area contributed by atoms with Crippen molar-refractivity contribution in [3.63, 3.8) is 0 Å². The SMILES string of the molecule is Nc1ccc(C(=O)Cc2ccccn2)cc1Br. The molecule has 1 aromatic heterocycles. The number of benzene rings is 1. The summed E-state index contributed by atoms with van der Waals surface area (Å²) in [6, 6.07) is 10.7. The summed E-state index contributed by atoms with van der Waals surface area (Å²) in [7, 11) is 0. The number of nitrogens with zero attached hydrogens (tertiary/aromatic N) is 1. The number of carbonyl (C=O) groups excluding carboxylic acids is 1. The first kappa shape index (κ1) is 11.8. The molecular formula is C13H11BrN2O. The van der Waals surface area contributed by atoms with Crippen molar-refractivity contribution in [3.8, 4) is 0 Å². The topological polar surface area (TPSA) is 56.0 Å². The molecule has 86 valence electrons. The fraction of sp³-hybridized carbons (Fsp3) is 0.0769. The van der Waals surface area contributed by atoms with Crippen molar-refractivity contribution in [1.82, 2.24) is 4.98 Å². The van der Waals surface area contributed by atoms with Crippen LogP contribution in [-0.2, 0) is 6.42 Å². The lowest BCUT2D eigenvalue weighted by atomic mass is 10.1. The Kier molecular flexibility index (Phi) is 3.54. The second-order valence-corrected chi connectivity index (χ2v) is 4.51. The van der Waals surface area contributed by atoms with Gasteiger partial charge in [-0.3, -0.25) is 9.78 Å². The summed E-state index contributed by atoms with van der Waals surface area (Å²) in [6.07, 6.45) is 1.98. The Bertz CT molecular complexity index is 540. The third-order valence-corrected chi connectivity index (χ3v) is 3.08. The second kappa shape index (κ2) is 5.10. The summed E-state index contributed by atoms with van der Waals surface area (Å²) in [5, 5.41) is 0. The van der Waals surface area contributed by atoms with Crippen LogP contribution < -0.4 is 5.73 Å². The number of pyridine rings is 1. The highest BCUT2D eigenvalue weighted by Gasteiger charge is 2.09. The minimum atomic E-state index is 0.0319. The number of carbonyl (C=O) groups is 1. The predicted molar refractivity (Wildman–Crippen MR) is 70.8 cm³/mol. The van der Waals surface area contributed by atoms with Crippen molar-refractivity contribution in [2.45, 2.75) is 6.42 Å². The molecule has 0 aliphatic carbocycles.